The normalized spacial score (nSPS) is 14.7. The van der Waals surface area contributed by atoms with E-state index in [2.05, 4.69) is 20.1 Å². The standard InChI is InChI=1S/C21H24FN5O/c1-2-24-21(25-15-17-13-16(14-23)7-8-18(17)22)27-11-9-26(10-12-27)19-5-3-4-6-20(19)28/h3-8,13,28H,2,9-12,15H2,1H3,(H,24,25). The van der Waals surface area contributed by atoms with Crippen molar-refractivity contribution in [1.82, 2.24) is 10.2 Å². The number of anilines is 1. The maximum atomic E-state index is 14.0. The minimum atomic E-state index is -0.358. The number of benzene rings is 2. The van der Waals surface area contributed by atoms with Crippen LogP contribution in [0, 0.1) is 17.1 Å². The number of aliphatic imine (C=N–C) groups is 1. The van der Waals surface area contributed by atoms with Crippen LogP contribution in [0.15, 0.2) is 47.5 Å². The highest BCUT2D eigenvalue weighted by molar-refractivity contribution is 5.80. The molecule has 28 heavy (non-hydrogen) atoms. The molecule has 0 saturated carbocycles. The molecular weight excluding hydrogens is 357 g/mol. The van der Waals surface area contributed by atoms with E-state index in [0.717, 1.165) is 37.8 Å². The number of rotatable bonds is 4. The van der Waals surface area contributed by atoms with Crippen LogP contribution in [-0.2, 0) is 6.54 Å². The maximum absolute atomic E-state index is 14.0. The molecular formula is C21H24FN5O. The zero-order chi connectivity index (χ0) is 19.9. The van der Waals surface area contributed by atoms with Crippen LogP contribution in [0.1, 0.15) is 18.1 Å². The van der Waals surface area contributed by atoms with Crippen LogP contribution in [0.25, 0.3) is 0 Å². The first-order chi connectivity index (χ1) is 13.6. The molecule has 0 atom stereocenters. The topological polar surface area (TPSA) is 74.9 Å². The molecule has 146 valence electrons. The molecule has 3 rings (SSSR count). The summed E-state index contributed by atoms with van der Waals surface area (Å²) in [5.41, 5.74) is 1.66. The number of phenols is 1. The van der Waals surface area contributed by atoms with Crippen LogP contribution < -0.4 is 10.2 Å². The van der Waals surface area contributed by atoms with Crippen molar-refractivity contribution in [1.29, 1.82) is 5.26 Å². The largest absolute Gasteiger partial charge is 0.506 e. The van der Waals surface area contributed by atoms with Crippen molar-refractivity contribution in [2.45, 2.75) is 13.5 Å². The highest BCUT2D eigenvalue weighted by atomic mass is 19.1. The molecule has 6 nitrogen and oxygen atoms in total. The molecule has 1 heterocycles. The third-order valence-electron chi connectivity index (χ3n) is 4.71. The average Bonchev–Trinajstić information content (AvgIpc) is 2.73. The Labute approximate surface area is 164 Å². The number of aromatic hydroxyl groups is 1. The Kier molecular flexibility index (Phi) is 6.33. The van der Waals surface area contributed by atoms with Crippen molar-refractivity contribution in [3.63, 3.8) is 0 Å². The van der Waals surface area contributed by atoms with E-state index in [1.165, 1.54) is 12.1 Å². The smallest absolute Gasteiger partial charge is 0.194 e. The molecule has 0 aliphatic carbocycles. The number of halogens is 1. The highest BCUT2D eigenvalue weighted by Crippen LogP contribution is 2.27. The molecule has 0 bridgehead atoms. The molecule has 1 aliphatic heterocycles. The highest BCUT2D eigenvalue weighted by Gasteiger charge is 2.21. The lowest BCUT2D eigenvalue weighted by Crippen LogP contribution is -2.52. The van der Waals surface area contributed by atoms with Crippen LogP contribution in [0.3, 0.4) is 0 Å². The van der Waals surface area contributed by atoms with Gasteiger partial charge in [0.15, 0.2) is 5.96 Å². The molecule has 2 N–H and O–H groups in total. The second-order valence-corrected chi connectivity index (χ2v) is 6.55. The van der Waals surface area contributed by atoms with Crippen LogP contribution in [0.5, 0.6) is 5.75 Å². The van der Waals surface area contributed by atoms with Gasteiger partial charge in [-0.05, 0) is 37.3 Å². The van der Waals surface area contributed by atoms with E-state index in [-0.39, 0.29) is 18.1 Å². The van der Waals surface area contributed by atoms with Gasteiger partial charge in [-0.3, -0.25) is 0 Å². The molecule has 2 aromatic carbocycles. The molecule has 7 heteroatoms. The van der Waals surface area contributed by atoms with Crippen LogP contribution >= 0.6 is 0 Å². The fourth-order valence-corrected chi connectivity index (χ4v) is 3.24. The molecule has 0 aromatic heterocycles. The van der Waals surface area contributed by atoms with Gasteiger partial charge in [-0.1, -0.05) is 12.1 Å². The van der Waals surface area contributed by atoms with Crippen LogP contribution in [-0.4, -0.2) is 48.7 Å². The van der Waals surface area contributed by atoms with Gasteiger partial charge in [0.25, 0.3) is 0 Å². The van der Waals surface area contributed by atoms with Crippen molar-refractivity contribution >= 4 is 11.6 Å². The minimum Gasteiger partial charge on any atom is -0.506 e. The van der Waals surface area contributed by atoms with Gasteiger partial charge in [-0.25, -0.2) is 9.38 Å². The summed E-state index contributed by atoms with van der Waals surface area (Å²) in [6.07, 6.45) is 0. The molecule has 2 aromatic rings. The Hall–Kier alpha value is -3.27. The van der Waals surface area contributed by atoms with Gasteiger partial charge in [-0.2, -0.15) is 5.26 Å². The fourth-order valence-electron chi connectivity index (χ4n) is 3.24. The van der Waals surface area contributed by atoms with E-state index >= 15 is 0 Å². The molecule has 0 spiro atoms. The van der Waals surface area contributed by atoms with Crippen molar-refractivity contribution in [2.75, 3.05) is 37.6 Å². The Morgan fingerprint density at radius 1 is 1.21 bits per heavy atom. The summed E-state index contributed by atoms with van der Waals surface area (Å²) in [5.74, 6) is 0.647. The van der Waals surface area contributed by atoms with Gasteiger partial charge in [0.1, 0.15) is 11.6 Å². The van der Waals surface area contributed by atoms with Crippen molar-refractivity contribution in [3.8, 4) is 11.8 Å². The second-order valence-electron chi connectivity index (χ2n) is 6.55. The van der Waals surface area contributed by atoms with E-state index < -0.39 is 0 Å². The number of phenolic OH excluding ortho intramolecular Hbond substituents is 1. The van der Waals surface area contributed by atoms with Gasteiger partial charge >= 0.3 is 0 Å². The number of piperazine rings is 1. The Morgan fingerprint density at radius 3 is 2.64 bits per heavy atom. The van der Waals surface area contributed by atoms with Crippen LogP contribution in [0.4, 0.5) is 10.1 Å². The summed E-state index contributed by atoms with van der Waals surface area (Å²) in [4.78, 5) is 8.85. The second kappa shape index (κ2) is 9.09. The third kappa shape index (κ3) is 4.52. The minimum absolute atomic E-state index is 0.170. The Morgan fingerprint density at radius 2 is 1.96 bits per heavy atom. The van der Waals surface area contributed by atoms with E-state index in [4.69, 9.17) is 5.26 Å². The number of hydrogen-bond donors (Lipinski definition) is 2. The maximum Gasteiger partial charge on any atom is 0.194 e. The van der Waals surface area contributed by atoms with Crippen molar-refractivity contribution in [3.05, 3.63) is 59.4 Å². The molecule has 1 fully saturated rings. The van der Waals surface area contributed by atoms with E-state index in [9.17, 15) is 9.50 Å². The zero-order valence-electron chi connectivity index (χ0n) is 15.9. The lowest BCUT2D eigenvalue weighted by atomic mass is 10.1. The Bertz CT molecular complexity index is 885. The van der Waals surface area contributed by atoms with E-state index in [1.807, 2.05) is 31.2 Å². The van der Waals surface area contributed by atoms with Crippen molar-refractivity contribution < 1.29 is 9.50 Å². The lowest BCUT2D eigenvalue weighted by molar-refractivity contribution is 0.369. The Balaban J connectivity index is 1.69. The summed E-state index contributed by atoms with van der Waals surface area (Å²) >= 11 is 0. The van der Waals surface area contributed by atoms with Gasteiger partial charge < -0.3 is 20.2 Å². The molecule has 0 radical (unpaired) electrons. The average molecular weight is 381 g/mol. The number of nitrogens with one attached hydrogen (secondary N) is 1. The number of hydrogen-bond acceptors (Lipinski definition) is 4. The first-order valence-electron chi connectivity index (χ1n) is 9.37. The zero-order valence-corrected chi connectivity index (χ0v) is 15.9. The van der Waals surface area contributed by atoms with Crippen LogP contribution in [0.2, 0.25) is 0 Å². The fraction of sp³-hybridized carbons (Fsp3) is 0.333. The molecule has 1 saturated heterocycles. The summed E-state index contributed by atoms with van der Waals surface area (Å²) in [6.45, 7) is 5.84. The quantitative estimate of drug-likeness (QED) is 0.629. The lowest BCUT2D eigenvalue weighted by Gasteiger charge is -2.37. The molecule has 0 amide bonds. The molecule has 0 unspecified atom stereocenters. The number of nitrogens with zero attached hydrogens (tertiary/aromatic N) is 4. The summed E-state index contributed by atoms with van der Waals surface area (Å²) in [7, 11) is 0. The summed E-state index contributed by atoms with van der Waals surface area (Å²) < 4.78 is 14.0. The number of para-hydroxylation sites is 2. The monoisotopic (exact) mass is 381 g/mol. The predicted octanol–water partition coefficient (Wildman–Crippen LogP) is 2.69. The predicted molar refractivity (Wildman–Crippen MR) is 108 cm³/mol. The summed E-state index contributed by atoms with van der Waals surface area (Å²) in [5, 5.41) is 22.3. The first kappa shape index (κ1) is 19.5. The van der Waals surface area contributed by atoms with E-state index in [0.29, 0.717) is 17.7 Å². The van der Waals surface area contributed by atoms with Gasteiger partial charge in [0.2, 0.25) is 0 Å². The van der Waals surface area contributed by atoms with Gasteiger partial charge in [0, 0.05) is 38.3 Å². The van der Waals surface area contributed by atoms with Gasteiger partial charge in [0.05, 0.1) is 23.9 Å². The van der Waals surface area contributed by atoms with Gasteiger partial charge in [-0.15, -0.1) is 0 Å². The van der Waals surface area contributed by atoms with Crippen molar-refractivity contribution in [2.24, 2.45) is 4.99 Å². The first-order valence-corrected chi connectivity index (χ1v) is 9.37. The third-order valence-corrected chi connectivity index (χ3v) is 4.71. The number of nitriles is 1. The SMILES string of the molecule is CCNC(=NCc1cc(C#N)ccc1F)N1CCN(c2ccccc2O)CC1. The number of guanidine groups is 1. The van der Waals surface area contributed by atoms with E-state index in [1.54, 1.807) is 12.1 Å². The molecule has 1 aliphatic rings. The summed E-state index contributed by atoms with van der Waals surface area (Å²) in [6, 6.07) is 13.7.